The average Bonchev–Trinajstić information content (AvgIpc) is 3.09. The lowest BCUT2D eigenvalue weighted by Gasteiger charge is -2.10. The number of hydrogen-bond donors (Lipinski definition) is 4. The summed E-state index contributed by atoms with van der Waals surface area (Å²) in [6.45, 7) is 9.78. The van der Waals surface area contributed by atoms with Crippen molar-refractivity contribution < 1.29 is 58.0 Å². The smallest absolute Gasteiger partial charge is 0.337 e. The molecule has 0 atom stereocenters. The Hall–Kier alpha value is -6.28. The zero-order valence-corrected chi connectivity index (χ0v) is 28.4. The van der Waals surface area contributed by atoms with E-state index in [-0.39, 0.29) is 65.8 Å². The first-order valence-electron chi connectivity index (χ1n) is 14.9. The molecule has 0 saturated carbocycles. The molecule has 14 nitrogen and oxygen atoms in total. The van der Waals surface area contributed by atoms with Crippen LogP contribution in [0, 0.1) is 0 Å². The molecular weight excluding hydrogens is 688 g/mol. The zero-order valence-electron chi connectivity index (χ0n) is 27.7. The van der Waals surface area contributed by atoms with Gasteiger partial charge in [-0.25, -0.2) is 19.2 Å². The second-order valence-electron chi connectivity index (χ2n) is 10.5. The molecule has 4 N–H and O–H groups in total. The summed E-state index contributed by atoms with van der Waals surface area (Å²) in [6.07, 6.45) is -0.353. The third kappa shape index (κ3) is 14.4. The van der Waals surface area contributed by atoms with Crippen molar-refractivity contribution in [2.75, 3.05) is 23.8 Å². The minimum Gasteiger partial charge on any atom is -0.478 e. The van der Waals surface area contributed by atoms with E-state index in [1.165, 1.54) is 43.3 Å². The highest BCUT2D eigenvalue weighted by Gasteiger charge is 2.16. The molecule has 0 fully saturated rings. The van der Waals surface area contributed by atoms with Gasteiger partial charge in [0.05, 0.1) is 28.9 Å². The quantitative estimate of drug-likeness (QED) is 0.0646. The maximum absolute atomic E-state index is 12.3. The van der Waals surface area contributed by atoms with Gasteiger partial charge in [-0.05, 0) is 61.9 Å². The van der Waals surface area contributed by atoms with Crippen molar-refractivity contribution in [3.8, 4) is 0 Å². The molecule has 3 aromatic carbocycles. The normalized spacial score (nSPS) is 9.94. The molecule has 0 heterocycles. The fourth-order valence-electron chi connectivity index (χ4n) is 3.71. The van der Waals surface area contributed by atoms with E-state index in [0.717, 1.165) is 0 Å². The van der Waals surface area contributed by atoms with Crippen molar-refractivity contribution in [1.82, 2.24) is 0 Å². The van der Waals surface area contributed by atoms with Gasteiger partial charge >= 0.3 is 29.8 Å². The number of ether oxygens (including phenoxy) is 3. The van der Waals surface area contributed by atoms with Gasteiger partial charge in [-0.1, -0.05) is 49.0 Å². The molecule has 0 bridgehead atoms. The van der Waals surface area contributed by atoms with E-state index in [0.29, 0.717) is 16.7 Å². The molecule has 0 saturated heterocycles. The van der Waals surface area contributed by atoms with Crippen molar-refractivity contribution in [2.45, 2.75) is 33.3 Å². The van der Waals surface area contributed by atoms with Gasteiger partial charge in [-0.2, -0.15) is 0 Å². The van der Waals surface area contributed by atoms with Crippen LogP contribution in [0.2, 0.25) is 5.02 Å². The largest absolute Gasteiger partial charge is 0.478 e. The van der Waals surface area contributed by atoms with E-state index >= 15 is 0 Å². The fraction of sp³-hybridized carbons (Fsp3) is 0.194. The highest BCUT2D eigenvalue weighted by atomic mass is 35.5. The highest BCUT2D eigenvalue weighted by Crippen LogP contribution is 2.22. The number of nitrogens with one attached hydrogen (secondary N) is 2. The number of benzene rings is 3. The van der Waals surface area contributed by atoms with E-state index in [2.05, 4.69) is 23.8 Å². The molecule has 3 aromatic rings. The van der Waals surface area contributed by atoms with Crippen LogP contribution in [0.1, 0.15) is 63.3 Å². The first-order chi connectivity index (χ1) is 24.1. The molecule has 0 radical (unpaired) electrons. The molecule has 0 aliphatic heterocycles. The van der Waals surface area contributed by atoms with Crippen molar-refractivity contribution >= 4 is 64.6 Å². The second-order valence-corrected chi connectivity index (χ2v) is 11.0. The summed E-state index contributed by atoms with van der Waals surface area (Å²) in [5.41, 5.74) is 1.72. The molecule has 3 rings (SSSR count). The Balaban J connectivity index is 0.000000354. The van der Waals surface area contributed by atoms with E-state index < -0.39 is 41.7 Å². The van der Waals surface area contributed by atoms with E-state index in [9.17, 15) is 38.7 Å². The SMILES string of the molecule is C=C(C)C(=O)OCCOC(=O)CCC(=O)Nc1ccccc1C(=O)O.C=C(C)C(=O)OCc1ccc(C(=O)Nc2ccc(Cl)cc2C(=O)O)cc1. The van der Waals surface area contributed by atoms with Gasteiger partial charge in [-0.15, -0.1) is 0 Å². The van der Waals surface area contributed by atoms with E-state index in [4.69, 9.17) is 30.9 Å². The van der Waals surface area contributed by atoms with E-state index in [1.807, 2.05) is 0 Å². The minimum atomic E-state index is -1.20. The number of carbonyl (C=O) groups is 7. The number of amides is 2. The summed E-state index contributed by atoms with van der Waals surface area (Å²) in [5, 5.41) is 23.5. The van der Waals surface area contributed by atoms with Crippen LogP contribution < -0.4 is 10.6 Å². The number of rotatable bonds is 15. The predicted molar refractivity (Wildman–Crippen MR) is 185 cm³/mol. The number of esters is 3. The molecular formula is C36H35ClN2O12. The van der Waals surface area contributed by atoms with Crippen molar-refractivity contribution in [3.05, 3.63) is 118 Å². The third-order valence-corrected chi connectivity index (χ3v) is 6.55. The number of aromatic carboxylic acids is 2. The van der Waals surface area contributed by atoms with Crippen molar-refractivity contribution in [1.29, 1.82) is 0 Å². The van der Waals surface area contributed by atoms with Crippen molar-refractivity contribution in [3.63, 3.8) is 0 Å². The Morgan fingerprint density at radius 1 is 0.686 bits per heavy atom. The minimum absolute atomic E-state index is 0.0437. The lowest BCUT2D eigenvalue weighted by Crippen LogP contribution is -2.18. The molecule has 2 amide bonds. The standard InChI is InChI=1S/C19H16ClNO5.C17H19NO7/c1-11(2)19(25)26-10-12-3-5-13(6-4-12)17(22)21-16-8-7-14(20)9-15(16)18(23)24;1-11(2)17(23)25-10-9-24-15(20)8-7-14(19)18-13-6-4-3-5-12(13)16(21)22/h3-9H,1,10H2,2H3,(H,21,22)(H,23,24);3-6H,1,7-10H2,2H3,(H,18,19)(H,21,22). The van der Waals surface area contributed by atoms with Crippen LogP contribution in [0.4, 0.5) is 11.4 Å². The second kappa shape index (κ2) is 20.3. The van der Waals surface area contributed by atoms with Crippen LogP contribution in [0.25, 0.3) is 0 Å². The number of carboxylic acids is 2. The summed E-state index contributed by atoms with van der Waals surface area (Å²) in [5.74, 6) is -5.05. The van der Waals surface area contributed by atoms with Crippen LogP contribution in [0.5, 0.6) is 0 Å². The number of anilines is 2. The maximum Gasteiger partial charge on any atom is 0.337 e. The van der Waals surface area contributed by atoms with E-state index in [1.54, 1.807) is 37.3 Å². The monoisotopic (exact) mass is 722 g/mol. The van der Waals surface area contributed by atoms with Crippen LogP contribution in [-0.4, -0.2) is 65.1 Å². The molecule has 0 aliphatic carbocycles. The van der Waals surface area contributed by atoms with Gasteiger partial charge < -0.3 is 35.1 Å². The number of para-hydroxylation sites is 1. The maximum atomic E-state index is 12.3. The fourth-order valence-corrected chi connectivity index (χ4v) is 3.89. The summed E-state index contributed by atoms with van der Waals surface area (Å²) in [6, 6.07) is 16.5. The Morgan fingerprint density at radius 2 is 1.25 bits per heavy atom. The molecule has 0 aromatic heterocycles. The number of halogens is 1. The summed E-state index contributed by atoms with van der Waals surface area (Å²) in [7, 11) is 0. The average molecular weight is 723 g/mol. The number of hydrogen-bond acceptors (Lipinski definition) is 10. The third-order valence-electron chi connectivity index (χ3n) is 6.31. The molecule has 0 unspecified atom stereocenters. The number of carboxylic acid groups (broad SMARTS) is 2. The van der Waals surface area contributed by atoms with Gasteiger partial charge in [0.2, 0.25) is 5.91 Å². The summed E-state index contributed by atoms with van der Waals surface area (Å²) >= 11 is 5.79. The Morgan fingerprint density at radius 3 is 1.86 bits per heavy atom. The Labute approximate surface area is 297 Å². The van der Waals surface area contributed by atoms with Crippen LogP contribution in [-0.2, 0) is 40.0 Å². The lowest BCUT2D eigenvalue weighted by atomic mass is 10.1. The first kappa shape index (κ1) is 40.9. The van der Waals surface area contributed by atoms with Gasteiger partial charge in [0.25, 0.3) is 5.91 Å². The lowest BCUT2D eigenvalue weighted by molar-refractivity contribution is -0.150. The van der Waals surface area contributed by atoms with Gasteiger partial charge in [0.1, 0.15) is 19.8 Å². The first-order valence-corrected chi connectivity index (χ1v) is 15.3. The van der Waals surface area contributed by atoms with Gasteiger partial charge in [0, 0.05) is 28.2 Å². The zero-order chi connectivity index (χ0) is 38.1. The van der Waals surface area contributed by atoms with Crippen LogP contribution in [0.15, 0.2) is 91.0 Å². The highest BCUT2D eigenvalue weighted by molar-refractivity contribution is 6.31. The number of carbonyl (C=O) groups excluding carboxylic acids is 5. The summed E-state index contributed by atoms with van der Waals surface area (Å²) < 4.78 is 14.6. The molecule has 0 spiro atoms. The van der Waals surface area contributed by atoms with Gasteiger partial charge in [-0.3, -0.25) is 14.4 Å². The molecule has 0 aliphatic rings. The topological polar surface area (TPSA) is 212 Å². The molecule has 51 heavy (non-hydrogen) atoms. The Kier molecular flexibility index (Phi) is 16.3. The van der Waals surface area contributed by atoms with Crippen LogP contribution >= 0.6 is 11.6 Å². The molecule has 268 valence electrons. The predicted octanol–water partition coefficient (Wildman–Crippen LogP) is 5.68. The Bertz CT molecular complexity index is 1820. The summed E-state index contributed by atoms with van der Waals surface area (Å²) in [4.78, 5) is 80.4. The van der Waals surface area contributed by atoms with Gasteiger partial charge in [0.15, 0.2) is 0 Å². The van der Waals surface area contributed by atoms with Crippen LogP contribution in [0.3, 0.4) is 0 Å². The van der Waals surface area contributed by atoms with Crippen molar-refractivity contribution in [2.24, 2.45) is 0 Å². The molecule has 15 heteroatoms.